The lowest BCUT2D eigenvalue weighted by atomic mass is 10.1. The van der Waals surface area contributed by atoms with Gasteiger partial charge >= 0.3 is 0 Å². The van der Waals surface area contributed by atoms with Gasteiger partial charge in [-0.3, -0.25) is 0 Å². The lowest BCUT2D eigenvalue weighted by molar-refractivity contribution is 0.851. The highest BCUT2D eigenvalue weighted by atomic mass is 32.1. The van der Waals surface area contributed by atoms with Crippen LogP contribution in [0.4, 0.5) is 0 Å². The van der Waals surface area contributed by atoms with Crippen LogP contribution in [0.1, 0.15) is 28.7 Å². The Morgan fingerprint density at radius 3 is 2.64 bits per heavy atom. The molecule has 0 saturated heterocycles. The van der Waals surface area contributed by atoms with Crippen LogP contribution < -0.4 is 5.32 Å². The van der Waals surface area contributed by atoms with Crippen LogP contribution in [0.3, 0.4) is 0 Å². The second-order valence-corrected chi connectivity index (χ2v) is 5.02. The minimum Gasteiger partial charge on any atom is -0.316 e. The molecule has 1 N–H and O–H groups in total. The Balaban J connectivity index is 2.87. The van der Waals surface area contributed by atoms with Crippen LogP contribution in [0.2, 0.25) is 0 Å². The van der Waals surface area contributed by atoms with E-state index in [1.165, 1.54) is 20.9 Å². The molecule has 0 aliphatic carbocycles. The summed E-state index contributed by atoms with van der Waals surface area (Å²) in [5.41, 5.74) is 2.85. The van der Waals surface area contributed by atoms with E-state index < -0.39 is 0 Å². The van der Waals surface area contributed by atoms with Crippen LogP contribution in [0.25, 0.3) is 6.08 Å². The first-order chi connectivity index (χ1) is 6.67. The van der Waals surface area contributed by atoms with E-state index in [2.05, 4.69) is 38.2 Å². The molecule has 14 heavy (non-hydrogen) atoms. The zero-order valence-electron chi connectivity index (χ0n) is 9.48. The standard InChI is InChI=1S/C12H19NS/c1-5-11(8-13-4)7-12-6-9(2)14-10(12)3/h6-7,13H,5,8H2,1-4H3. The van der Waals surface area contributed by atoms with Gasteiger partial charge < -0.3 is 5.32 Å². The van der Waals surface area contributed by atoms with Crippen molar-refractivity contribution in [2.24, 2.45) is 0 Å². The van der Waals surface area contributed by atoms with Gasteiger partial charge in [-0.1, -0.05) is 18.6 Å². The van der Waals surface area contributed by atoms with E-state index in [1.54, 1.807) is 0 Å². The number of nitrogens with one attached hydrogen (secondary N) is 1. The number of likely N-dealkylation sites (N-methyl/N-ethyl adjacent to an activating group) is 1. The summed E-state index contributed by atoms with van der Waals surface area (Å²) in [7, 11) is 2.00. The van der Waals surface area contributed by atoms with Crippen LogP contribution in [0, 0.1) is 13.8 Å². The fraction of sp³-hybridized carbons (Fsp3) is 0.500. The fourth-order valence-corrected chi connectivity index (χ4v) is 2.42. The highest BCUT2D eigenvalue weighted by Crippen LogP contribution is 2.23. The molecule has 0 aromatic carbocycles. The molecule has 78 valence electrons. The third-order valence-corrected chi connectivity index (χ3v) is 3.28. The summed E-state index contributed by atoms with van der Waals surface area (Å²) < 4.78 is 0. The molecule has 0 aliphatic rings. The Labute approximate surface area is 90.9 Å². The van der Waals surface area contributed by atoms with Gasteiger partial charge in [-0.05, 0) is 38.9 Å². The van der Waals surface area contributed by atoms with Gasteiger partial charge in [0.2, 0.25) is 0 Å². The Morgan fingerprint density at radius 1 is 1.50 bits per heavy atom. The van der Waals surface area contributed by atoms with Crippen molar-refractivity contribution in [3.63, 3.8) is 0 Å². The van der Waals surface area contributed by atoms with Crippen molar-refractivity contribution in [2.45, 2.75) is 27.2 Å². The molecular weight excluding hydrogens is 190 g/mol. The molecule has 0 amide bonds. The SMILES string of the molecule is CCC(=Cc1cc(C)sc1C)CNC. The van der Waals surface area contributed by atoms with E-state index >= 15 is 0 Å². The Bertz CT molecular complexity index is 323. The Morgan fingerprint density at radius 2 is 2.21 bits per heavy atom. The smallest absolute Gasteiger partial charge is 0.0164 e. The molecule has 0 atom stereocenters. The van der Waals surface area contributed by atoms with Crippen molar-refractivity contribution in [3.05, 3.63) is 27.0 Å². The number of aryl methyl sites for hydroxylation is 2. The maximum atomic E-state index is 3.20. The van der Waals surface area contributed by atoms with Crippen molar-refractivity contribution in [1.29, 1.82) is 0 Å². The predicted molar refractivity (Wildman–Crippen MR) is 66.0 cm³/mol. The summed E-state index contributed by atoms with van der Waals surface area (Å²) in [6, 6.07) is 2.27. The van der Waals surface area contributed by atoms with Crippen molar-refractivity contribution >= 4 is 17.4 Å². The zero-order chi connectivity index (χ0) is 10.6. The van der Waals surface area contributed by atoms with Gasteiger partial charge in [0.25, 0.3) is 0 Å². The van der Waals surface area contributed by atoms with Crippen molar-refractivity contribution in [2.75, 3.05) is 13.6 Å². The van der Waals surface area contributed by atoms with Crippen LogP contribution in [0.15, 0.2) is 11.6 Å². The van der Waals surface area contributed by atoms with E-state index in [9.17, 15) is 0 Å². The number of hydrogen-bond acceptors (Lipinski definition) is 2. The number of hydrogen-bond donors (Lipinski definition) is 1. The first kappa shape index (κ1) is 11.5. The molecular formula is C12H19NS. The second kappa shape index (κ2) is 5.32. The molecule has 0 bridgehead atoms. The van der Waals surface area contributed by atoms with Crippen molar-refractivity contribution in [3.8, 4) is 0 Å². The van der Waals surface area contributed by atoms with E-state index in [1.807, 2.05) is 18.4 Å². The maximum Gasteiger partial charge on any atom is 0.0164 e. The molecule has 0 saturated carbocycles. The minimum absolute atomic E-state index is 0.991. The zero-order valence-corrected chi connectivity index (χ0v) is 10.3. The quantitative estimate of drug-likeness (QED) is 0.801. The van der Waals surface area contributed by atoms with E-state index in [4.69, 9.17) is 0 Å². The normalized spacial score (nSPS) is 12.1. The Hall–Kier alpha value is -0.600. The van der Waals surface area contributed by atoms with Crippen LogP contribution in [0.5, 0.6) is 0 Å². The summed E-state index contributed by atoms with van der Waals surface area (Å²) >= 11 is 1.87. The summed E-state index contributed by atoms with van der Waals surface area (Å²) in [4.78, 5) is 2.82. The van der Waals surface area contributed by atoms with E-state index in [0.29, 0.717) is 0 Å². The first-order valence-electron chi connectivity index (χ1n) is 5.08. The summed E-state index contributed by atoms with van der Waals surface area (Å²) in [5, 5.41) is 3.20. The average molecular weight is 209 g/mol. The summed E-state index contributed by atoms with van der Waals surface area (Å²) in [5.74, 6) is 0. The molecule has 1 aromatic heterocycles. The Kier molecular flexibility index (Phi) is 4.36. The average Bonchev–Trinajstić information content (AvgIpc) is 2.44. The first-order valence-corrected chi connectivity index (χ1v) is 5.90. The van der Waals surface area contributed by atoms with Gasteiger partial charge in [0.05, 0.1) is 0 Å². The highest BCUT2D eigenvalue weighted by molar-refractivity contribution is 7.12. The van der Waals surface area contributed by atoms with Gasteiger partial charge in [0.1, 0.15) is 0 Å². The lowest BCUT2D eigenvalue weighted by Crippen LogP contribution is -2.09. The molecule has 0 aliphatic heterocycles. The van der Waals surface area contributed by atoms with Crippen molar-refractivity contribution < 1.29 is 0 Å². The molecule has 1 nitrogen and oxygen atoms in total. The summed E-state index contributed by atoms with van der Waals surface area (Å²) in [6.45, 7) is 7.55. The van der Waals surface area contributed by atoms with Gasteiger partial charge in [-0.15, -0.1) is 11.3 Å². The van der Waals surface area contributed by atoms with E-state index in [0.717, 1.165) is 13.0 Å². The molecule has 0 unspecified atom stereocenters. The third kappa shape index (κ3) is 2.96. The van der Waals surface area contributed by atoms with Gasteiger partial charge in [0.15, 0.2) is 0 Å². The third-order valence-electron chi connectivity index (χ3n) is 2.30. The number of thiophene rings is 1. The molecule has 1 heterocycles. The molecule has 2 heteroatoms. The summed E-state index contributed by atoms with van der Waals surface area (Å²) in [6.07, 6.45) is 3.44. The minimum atomic E-state index is 0.991. The lowest BCUT2D eigenvalue weighted by Gasteiger charge is -2.02. The van der Waals surface area contributed by atoms with Gasteiger partial charge in [-0.2, -0.15) is 0 Å². The van der Waals surface area contributed by atoms with Crippen LogP contribution in [-0.2, 0) is 0 Å². The molecule has 1 aromatic rings. The molecule has 1 rings (SSSR count). The van der Waals surface area contributed by atoms with Crippen LogP contribution >= 0.6 is 11.3 Å². The molecule has 0 spiro atoms. The highest BCUT2D eigenvalue weighted by Gasteiger charge is 2.01. The van der Waals surface area contributed by atoms with Gasteiger partial charge in [0, 0.05) is 16.3 Å². The van der Waals surface area contributed by atoms with Crippen molar-refractivity contribution in [1.82, 2.24) is 5.32 Å². The fourth-order valence-electron chi connectivity index (χ4n) is 1.52. The largest absolute Gasteiger partial charge is 0.316 e. The molecule has 0 fully saturated rings. The van der Waals surface area contributed by atoms with Gasteiger partial charge in [-0.25, -0.2) is 0 Å². The molecule has 0 radical (unpaired) electrons. The number of rotatable bonds is 4. The topological polar surface area (TPSA) is 12.0 Å². The van der Waals surface area contributed by atoms with E-state index in [-0.39, 0.29) is 0 Å². The van der Waals surface area contributed by atoms with Crippen LogP contribution in [-0.4, -0.2) is 13.6 Å². The second-order valence-electron chi connectivity index (χ2n) is 3.56. The maximum absolute atomic E-state index is 3.20. The monoisotopic (exact) mass is 209 g/mol. The predicted octanol–water partition coefficient (Wildman–Crippen LogP) is 3.38.